The Morgan fingerprint density at radius 2 is 2.00 bits per heavy atom. The average Bonchev–Trinajstić information content (AvgIpc) is 1.82. The highest BCUT2D eigenvalue weighted by Gasteiger charge is 2.23. The number of hydrogen-bond donors (Lipinski definition) is 1. The molecule has 0 aromatic carbocycles. The molecule has 4 heteroatoms. The highest BCUT2D eigenvalue weighted by Crippen LogP contribution is 2.10. The number of aliphatic hydroxyl groups excluding tert-OH is 1. The van der Waals surface area contributed by atoms with Crippen molar-refractivity contribution in [3.8, 4) is 0 Å². The van der Waals surface area contributed by atoms with Crippen LogP contribution in [-0.4, -0.2) is 34.5 Å². The summed E-state index contributed by atoms with van der Waals surface area (Å²) in [6, 6.07) is 0. The molecule has 0 radical (unpaired) electrons. The van der Waals surface area contributed by atoms with E-state index in [9.17, 15) is 9.90 Å². The van der Waals surface area contributed by atoms with E-state index in [-0.39, 0.29) is 0 Å². The fraction of sp³-hybridized carbons (Fsp3) is 0.889. The second-order valence-corrected chi connectivity index (χ2v) is 3.90. The molecule has 1 unspecified atom stereocenters. The van der Waals surface area contributed by atoms with Gasteiger partial charge in [-0.25, -0.2) is 4.79 Å². The van der Waals surface area contributed by atoms with Gasteiger partial charge in [0.1, 0.15) is 11.8 Å². The average molecular weight is 189 g/mol. The Kier molecular flexibility index (Phi) is 4.20. The molecule has 0 heterocycles. The van der Waals surface area contributed by atoms with Crippen LogP contribution in [0, 0.1) is 0 Å². The molecule has 0 aliphatic heterocycles. The molecule has 0 saturated carbocycles. The Bertz CT molecular complexity index is 172. The van der Waals surface area contributed by atoms with Gasteiger partial charge in [-0.05, 0) is 34.6 Å². The molecule has 0 saturated heterocycles. The number of rotatable bonds is 2. The van der Waals surface area contributed by atoms with Gasteiger partial charge >= 0.3 is 6.09 Å². The summed E-state index contributed by atoms with van der Waals surface area (Å²) in [4.78, 5) is 12.6. The maximum absolute atomic E-state index is 11.4. The van der Waals surface area contributed by atoms with Crippen LogP contribution >= 0.6 is 0 Å². The molecular weight excluding hydrogens is 170 g/mol. The van der Waals surface area contributed by atoms with E-state index in [0.29, 0.717) is 6.54 Å². The number of hydrogen-bond acceptors (Lipinski definition) is 3. The van der Waals surface area contributed by atoms with Crippen molar-refractivity contribution in [2.45, 2.75) is 46.4 Å². The molecule has 0 bridgehead atoms. The Morgan fingerprint density at radius 1 is 1.54 bits per heavy atom. The molecule has 0 aromatic rings. The largest absolute Gasteiger partial charge is 0.444 e. The molecule has 0 rings (SSSR count). The fourth-order valence-electron chi connectivity index (χ4n) is 0.866. The first kappa shape index (κ1) is 12.2. The minimum atomic E-state index is -0.806. The molecule has 1 atom stereocenters. The van der Waals surface area contributed by atoms with Gasteiger partial charge in [-0.2, -0.15) is 0 Å². The Balaban J connectivity index is 4.23. The van der Waals surface area contributed by atoms with E-state index in [0.717, 1.165) is 0 Å². The number of aliphatic hydroxyl groups is 1. The topological polar surface area (TPSA) is 49.8 Å². The van der Waals surface area contributed by atoms with Crippen LogP contribution in [0.15, 0.2) is 0 Å². The minimum Gasteiger partial charge on any atom is -0.444 e. The summed E-state index contributed by atoms with van der Waals surface area (Å²) in [5, 5.41) is 9.20. The van der Waals surface area contributed by atoms with E-state index < -0.39 is 17.9 Å². The van der Waals surface area contributed by atoms with Crippen LogP contribution in [0.2, 0.25) is 0 Å². The lowest BCUT2D eigenvalue weighted by molar-refractivity contribution is -0.0209. The van der Waals surface area contributed by atoms with Crippen molar-refractivity contribution in [1.29, 1.82) is 0 Å². The van der Waals surface area contributed by atoms with Gasteiger partial charge in [-0.3, -0.25) is 4.90 Å². The predicted octanol–water partition coefficient (Wildman–Crippen LogP) is 1.58. The molecular formula is C9H19NO3. The van der Waals surface area contributed by atoms with Gasteiger partial charge in [-0.15, -0.1) is 0 Å². The lowest BCUT2D eigenvalue weighted by Gasteiger charge is -2.28. The molecule has 4 nitrogen and oxygen atoms in total. The van der Waals surface area contributed by atoms with Gasteiger partial charge in [0.25, 0.3) is 0 Å². The predicted molar refractivity (Wildman–Crippen MR) is 50.3 cm³/mol. The van der Waals surface area contributed by atoms with E-state index in [1.54, 1.807) is 27.7 Å². The number of carbonyl (C=O) groups excluding carboxylic acids is 1. The van der Waals surface area contributed by atoms with Gasteiger partial charge in [-0.1, -0.05) is 0 Å². The van der Waals surface area contributed by atoms with Crippen molar-refractivity contribution in [2.75, 3.05) is 6.54 Å². The van der Waals surface area contributed by atoms with Gasteiger partial charge in [0, 0.05) is 6.54 Å². The monoisotopic (exact) mass is 189 g/mol. The maximum Gasteiger partial charge on any atom is 0.412 e. The zero-order valence-electron chi connectivity index (χ0n) is 9.00. The Labute approximate surface area is 79.5 Å². The van der Waals surface area contributed by atoms with Crippen LogP contribution in [-0.2, 0) is 4.74 Å². The summed E-state index contributed by atoms with van der Waals surface area (Å²) < 4.78 is 5.08. The molecule has 78 valence electrons. The van der Waals surface area contributed by atoms with Gasteiger partial charge in [0.2, 0.25) is 0 Å². The first-order valence-electron chi connectivity index (χ1n) is 4.45. The van der Waals surface area contributed by atoms with E-state index in [1.807, 2.05) is 0 Å². The van der Waals surface area contributed by atoms with Gasteiger partial charge in [0.05, 0.1) is 0 Å². The van der Waals surface area contributed by atoms with Crippen molar-refractivity contribution in [3.05, 3.63) is 0 Å². The summed E-state index contributed by atoms with van der Waals surface area (Å²) in [6.45, 7) is 9.14. The lowest BCUT2D eigenvalue weighted by Crippen LogP contribution is -2.41. The van der Waals surface area contributed by atoms with E-state index in [2.05, 4.69) is 0 Å². The third kappa shape index (κ3) is 4.72. The zero-order valence-corrected chi connectivity index (χ0v) is 9.00. The number of carbonyl (C=O) groups is 1. The molecule has 13 heavy (non-hydrogen) atoms. The normalized spacial score (nSPS) is 13.7. The quantitative estimate of drug-likeness (QED) is 0.671. The second kappa shape index (κ2) is 4.46. The fourth-order valence-corrected chi connectivity index (χ4v) is 0.866. The van der Waals surface area contributed by atoms with E-state index in [1.165, 1.54) is 11.8 Å². The van der Waals surface area contributed by atoms with Crippen molar-refractivity contribution < 1.29 is 14.6 Å². The van der Waals surface area contributed by atoms with Crippen LogP contribution in [0.4, 0.5) is 4.79 Å². The summed E-state index contributed by atoms with van der Waals surface area (Å²) in [5.41, 5.74) is -0.514. The molecule has 0 aromatic heterocycles. The van der Waals surface area contributed by atoms with Crippen molar-refractivity contribution in [1.82, 2.24) is 4.90 Å². The SMILES string of the molecule is CCN(C(=O)OC(C)(C)C)C(C)O. The third-order valence-electron chi connectivity index (χ3n) is 1.42. The molecule has 0 fully saturated rings. The van der Waals surface area contributed by atoms with Crippen LogP contribution < -0.4 is 0 Å². The van der Waals surface area contributed by atoms with Crippen LogP contribution in [0.5, 0.6) is 0 Å². The Hall–Kier alpha value is -0.770. The summed E-state index contributed by atoms with van der Waals surface area (Å²) in [6.07, 6.45) is -1.29. The van der Waals surface area contributed by atoms with Crippen molar-refractivity contribution >= 4 is 6.09 Å². The second-order valence-electron chi connectivity index (χ2n) is 3.90. The number of ether oxygens (including phenoxy) is 1. The smallest absolute Gasteiger partial charge is 0.412 e. The van der Waals surface area contributed by atoms with Crippen LogP contribution in [0.1, 0.15) is 34.6 Å². The molecule has 0 aliphatic carbocycles. The Morgan fingerprint density at radius 3 is 2.23 bits per heavy atom. The van der Waals surface area contributed by atoms with Crippen LogP contribution in [0.3, 0.4) is 0 Å². The lowest BCUT2D eigenvalue weighted by atomic mass is 10.2. The van der Waals surface area contributed by atoms with E-state index >= 15 is 0 Å². The molecule has 0 spiro atoms. The number of amides is 1. The third-order valence-corrected chi connectivity index (χ3v) is 1.42. The first-order valence-corrected chi connectivity index (χ1v) is 4.45. The highest BCUT2D eigenvalue weighted by atomic mass is 16.6. The van der Waals surface area contributed by atoms with Crippen molar-refractivity contribution in [2.24, 2.45) is 0 Å². The van der Waals surface area contributed by atoms with Gasteiger partial charge in [0.15, 0.2) is 0 Å². The molecule has 1 N–H and O–H groups in total. The summed E-state index contributed by atoms with van der Waals surface area (Å²) in [5.74, 6) is 0. The minimum absolute atomic E-state index is 0.437. The maximum atomic E-state index is 11.4. The van der Waals surface area contributed by atoms with E-state index in [4.69, 9.17) is 4.74 Å². The zero-order chi connectivity index (χ0) is 10.6. The van der Waals surface area contributed by atoms with Crippen molar-refractivity contribution in [3.63, 3.8) is 0 Å². The summed E-state index contributed by atoms with van der Waals surface area (Å²) >= 11 is 0. The highest BCUT2D eigenvalue weighted by molar-refractivity contribution is 5.68. The molecule has 1 amide bonds. The standard InChI is InChI=1S/C9H19NO3/c1-6-10(7(2)11)8(12)13-9(3,4)5/h7,11H,6H2,1-5H3. The van der Waals surface area contributed by atoms with Crippen LogP contribution in [0.25, 0.3) is 0 Å². The first-order chi connectivity index (χ1) is 5.78. The number of nitrogens with zero attached hydrogens (tertiary/aromatic N) is 1. The summed E-state index contributed by atoms with van der Waals surface area (Å²) in [7, 11) is 0. The van der Waals surface area contributed by atoms with Gasteiger partial charge < -0.3 is 9.84 Å². The molecule has 0 aliphatic rings.